The third-order valence-corrected chi connectivity index (χ3v) is 8.06. The van der Waals surface area contributed by atoms with Gasteiger partial charge < -0.3 is 16.4 Å². The fraction of sp³-hybridized carbons (Fsp3) is 0.156. The topological polar surface area (TPSA) is 104 Å². The van der Waals surface area contributed by atoms with Gasteiger partial charge in [-0.1, -0.05) is 80.0 Å². The molecule has 0 aliphatic rings. The van der Waals surface area contributed by atoms with Crippen LogP contribution in [0, 0.1) is 11.3 Å². The highest BCUT2D eigenvalue weighted by Crippen LogP contribution is 2.44. The number of anilines is 3. The number of benzene rings is 3. The van der Waals surface area contributed by atoms with E-state index in [-0.39, 0.29) is 17.3 Å². The lowest BCUT2D eigenvalue weighted by molar-refractivity contribution is 0.0956. The van der Waals surface area contributed by atoms with Gasteiger partial charge in [0.1, 0.15) is 28.0 Å². The van der Waals surface area contributed by atoms with Crippen molar-refractivity contribution in [3.63, 3.8) is 0 Å². The number of carbonyl (C=O) groups excluding carboxylic acids is 1. The summed E-state index contributed by atoms with van der Waals surface area (Å²) in [4.78, 5) is 18.3. The highest BCUT2D eigenvalue weighted by atomic mass is 35.5. The highest BCUT2D eigenvalue weighted by molar-refractivity contribution is 7.24. The number of amides is 1. The lowest BCUT2D eigenvalue weighted by Gasteiger charge is -2.11. The summed E-state index contributed by atoms with van der Waals surface area (Å²) in [6.07, 6.45) is 0.693. The van der Waals surface area contributed by atoms with Crippen molar-refractivity contribution in [3.05, 3.63) is 106 Å². The molecule has 1 amide bonds. The Morgan fingerprint density at radius 1 is 1.05 bits per heavy atom. The number of nitriles is 1. The predicted molar refractivity (Wildman–Crippen MR) is 165 cm³/mol. The second kappa shape index (κ2) is 11.8. The van der Waals surface area contributed by atoms with Crippen molar-refractivity contribution in [1.82, 2.24) is 10.3 Å². The Bertz CT molecular complexity index is 1710. The monoisotopic (exact) mass is 565 g/mol. The molecular formula is C32H28ClN5OS. The summed E-state index contributed by atoms with van der Waals surface area (Å²) >= 11 is 7.52. The molecule has 200 valence electrons. The van der Waals surface area contributed by atoms with Crippen LogP contribution < -0.4 is 16.4 Å². The van der Waals surface area contributed by atoms with Gasteiger partial charge in [0.05, 0.1) is 10.2 Å². The summed E-state index contributed by atoms with van der Waals surface area (Å²) < 4.78 is 0.697. The number of nitrogens with zero attached hydrogens (tertiary/aromatic N) is 2. The first-order chi connectivity index (χ1) is 19.4. The number of nitrogens with two attached hydrogens (primary N) is 1. The molecule has 0 aliphatic heterocycles. The molecule has 0 bridgehead atoms. The largest absolute Gasteiger partial charge is 0.383 e. The van der Waals surface area contributed by atoms with Gasteiger partial charge >= 0.3 is 0 Å². The molecular weight excluding hydrogens is 538 g/mol. The lowest BCUT2D eigenvalue weighted by atomic mass is 10.00. The van der Waals surface area contributed by atoms with Gasteiger partial charge in [-0.2, -0.15) is 5.26 Å². The Morgan fingerprint density at radius 2 is 1.75 bits per heavy atom. The molecule has 5 aromatic rings. The van der Waals surface area contributed by atoms with Gasteiger partial charge in [0.2, 0.25) is 0 Å². The molecule has 4 N–H and O–H groups in total. The number of fused-ring (bicyclic) bond motifs is 1. The van der Waals surface area contributed by atoms with Gasteiger partial charge in [0.25, 0.3) is 5.91 Å². The quantitative estimate of drug-likeness (QED) is 0.177. The smallest absolute Gasteiger partial charge is 0.256 e. The molecule has 40 heavy (non-hydrogen) atoms. The molecule has 0 spiro atoms. The average Bonchev–Trinajstić information content (AvgIpc) is 3.30. The van der Waals surface area contributed by atoms with Crippen molar-refractivity contribution in [2.24, 2.45) is 0 Å². The molecule has 0 unspecified atom stereocenters. The number of hydrogen-bond acceptors (Lipinski definition) is 6. The van der Waals surface area contributed by atoms with E-state index in [9.17, 15) is 10.1 Å². The summed E-state index contributed by atoms with van der Waals surface area (Å²) in [5.74, 6) is 0.217. The van der Waals surface area contributed by atoms with Crippen molar-refractivity contribution in [2.75, 3.05) is 17.6 Å². The number of aromatic nitrogens is 1. The van der Waals surface area contributed by atoms with Gasteiger partial charge in [0.15, 0.2) is 0 Å². The van der Waals surface area contributed by atoms with Crippen LogP contribution in [0.1, 0.15) is 46.8 Å². The van der Waals surface area contributed by atoms with Crippen LogP contribution in [-0.2, 0) is 6.42 Å². The third-order valence-electron chi connectivity index (χ3n) is 6.70. The molecule has 8 heteroatoms. The van der Waals surface area contributed by atoms with Crippen LogP contribution in [0.5, 0.6) is 0 Å². The molecule has 0 saturated heterocycles. The molecule has 2 heterocycles. The van der Waals surface area contributed by atoms with Crippen LogP contribution in [0.4, 0.5) is 16.5 Å². The summed E-state index contributed by atoms with van der Waals surface area (Å²) in [6.45, 7) is 4.75. The standard InChI is InChI=1S/C32H28ClN5OS/c1-19(2)21-10-14-24(15-11-21)37-32-27(31(39)36-17-16-20-6-4-3-5-7-20)28-29(40-32)26(25(18-34)30(35)38-28)22-8-12-23(33)13-9-22/h3-15,19,37H,16-17H2,1-2H3,(H2,35,38)(H,36,39). The number of rotatable bonds is 8. The Hall–Kier alpha value is -4.38. The second-order valence-electron chi connectivity index (χ2n) is 9.74. The zero-order valence-corrected chi connectivity index (χ0v) is 23.7. The van der Waals surface area contributed by atoms with Gasteiger partial charge in [0, 0.05) is 22.8 Å². The van der Waals surface area contributed by atoms with E-state index in [1.165, 1.54) is 16.9 Å². The van der Waals surface area contributed by atoms with Crippen LogP contribution in [0.3, 0.4) is 0 Å². The van der Waals surface area contributed by atoms with E-state index in [2.05, 4.69) is 47.7 Å². The molecule has 0 fully saturated rings. The van der Waals surface area contributed by atoms with Crippen molar-refractivity contribution in [2.45, 2.75) is 26.2 Å². The van der Waals surface area contributed by atoms with Gasteiger partial charge in [-0.05, 0) is 53.3 Å². The van der Waals surface area contributed by atoms with E-state index in [1.807, 2.05) is 54.6 Å². The molecule has 0 aliphatic carbocycles. The van der Waals surface area contributed by atoms with E-state index in [1.54, 1.807) is 12.1 Å². The Morgan fingerprint density at radius 3 is 2.40 bits per heavy atom. The minimum Gasteiger partial charge on any atom is -0.383 e. The summed E-state index contributed by atoms with van der Waals surface area (Å²) in [6, 6.07) is 27.6. The lowest BCUT2D eigenvalue weighted by Crippen LogP contribution is -2.26. The summed E-state index contributed by atoms with van der Waals surface area (Å²) in [5.41, 5.74) is 12.0. The van der Waals surface area contributed by atoms with Gasteiger partial charge in [-0.25, -0.2) is 4.98 Å². The Kier molecular flexibility index (Phi) is 8.01. The Labute approximate surface area is 242 Å². The molecule has 6 nitrogen and oxygen atoms in total. The molecule has 3 aromatic carbocycles. The summed E-state index contributed by atoms with van der Waals surface area (Å²) in [7, 11) is 0. The molecule has 0 atom stereocenters. The number of pyridine rings is 1. The molecule has 5 rings (SSSR count). The fourth-order valence-corrected chi connectivity index (χ4v) is 5.91. The first-order valence-electron chi connectivity index (χ1n) is 13.0. The third kappa shape index (κ3) is 5.64. The fourth-order valence-electron chi connectivity index (χ4n) is 4.56. The van der Waals surface area contributed by atoms with E-state index in [0.717, 1.165) is 16.8 Å². The molecule has 2 aromatic heterocycles. The van der Waals surface area contributed by atoms with Gasteiger partial charge in [-0.15, -0.1) is 11.3 Å². The van der Waals surface area contributed by atoms with Crippen LogP contribution in [0.15, 0.2) is 78.9 Å². The SMILES string of the molecule is CC(C)c1ccc(Nc2sc3c(-c4ccc(Cl)cc4)c(C#N)c(N)nc3c2C(=O)NCCc2ccccc2)cc1. The maximum Gasteiger partial charge on any atom is 0.256 e. The molecule has 0 radical (unpaired) electrons. The number of thiophene rings is 1. The van der Waals surface area contributed by atoms with Crippen molar-refractivity contribution >= 4 is 55.6 Å². The number of carbonyl (C=O) groups is 1. The van der Waals surface area contributed by atoms with E-state index < -0.39 is 0 Å². The van der Waals surface area contributed by atoms with Crippen molar-refractivity contribution in [3.8, 4) is 17.2 Å². The normalized spacial score (nSPS) is 11.0. The second-order valence-corrected chi connectivity index (χ2v) is 11.2. The minimum absolute atomic E-state index is 0.0731. The Balaban J connectivity index is 1.61. The van der Waals surface area contributed by atoms with E-state index in [4.69, 9.17) is 17.3 Å². The number of hydrogen-bond donors (Lipinski definition) is 3. The predicted octanol–water partition coefficient (Wildman–Crippen LogP) is 7.91. The molecule has 0 saturated carbocycles. The number of nitrogens with one attached hydrogen (secondary N) is 2. The van der Waals surface area contributed by atoms with Crippen LogP contribution in [0.2, 0.25) is 5.02 Å². The maximum absolute atomic E-state index is 13.7. The van der Waals surface area contributed by atoms with Gasteiger partial charge in [-0.3, -0.25) is 4.79 Å². The van der Waals surface area contributed by atoms with E-state index in [0.29, 0.717) is 50.3 Å². The number of halogens is 1. The van der Waals surface area contributed by atoms with Crippen molar-refractivity contribution < 1.29 is 4.79 Å². The van der Waals surface area contributed by atoms with Crippen molar-refractivity contribution in [1.29, 1.82) is 5.26 Å². The van der Waals surface area contributed by atoms with Crippen LogP contribution in [-0.4, -0.2) is 17.4 Å². The summed E-state index contributed by atoms with van der Waals surface area (Å²) in [5, 5.41) is 17.7. The zero-order valence-electron chi connectivity index (χ0n) is 22.2. The number of nitrogen functional groups attached to an aromatic ring is 1. The first-order valence-corrected chi connectivity index (χ1v) is 14.2. The average molecular weight is 566 g/mol. The van der Waals surface area contributed by atoms with Crippen LogP contribution in [0.25, 0.3) is 21.3 Å². The zero-order chi connectivity index (χ0) is 28.2. The van der Waals surface area contributed by atoms with E-state index >= 15 is 0 Å². The highest BCUT2D eigenvalue weighted by Gasteiger charge is 2.26. The minimum atomic E-state index is -0.262. The van der Waals surface area contributed by atoms with Crippen LogP contribution >= 0.6 is 22.9 Å². The maximum atomic E-state index is 13.7. The first kappa shape index (κ1) is 27.2.